The lowest BCUT2D eigenvalue weighted by Gasteiger charge is -2.21. The molecule has 0 aliphatic carbocycles. The van der Waals surface area contributed by atoms with Gasteiger partial charge in [-0.2, -0.15) is 0 Å². The fourth-order valence-electron chi connectivity index (χ4n) is 2.55. The van der Waals surface area contributed by atoms with E-state index in [0.29, 0.717) is 25.6 Å². The van der Waals surface area contributed by atoms with Crippen LogP contribution in [0.15, 0.2) is 30.7 Å². The highest BCUT2D eigenvalue weighted by Crippen LogP contribution is 2.28. The average Bonchev–Trinajstić information content (AvgIpc) is 3.15. The lowest BCUT2D eigenvalue weighted by molar-refractivity contribution is -0.134. The zero-order valence-corrected chi connectivity index (χ0v) is 13.8. The number of hydrogen-bond acceptors (Lipinski definition) is 6. The number of rotatable bonds is 4. The minimum absolute atomic E-state index is 0.0622. The lowest BCUT2D eigenvalue weighted by atomic mass is 10.2. The summed E-state index contributed by atoms with van der Waals surface area (Å²) in [7, 11) is 0. The first-order chi connectivity index (χ1) is 11.5. The van der Waals surface area contributed by atoms with Gasteiger partial charge in [-0.05, 0) is 19.1 Å². The molecule has 2 aromatic rings. The first-order valence-electron chi connectivity index (χ1n) is 7.66. The molecule has 0 amide bonds. The molecule has 1 aliphatic rings. The van der Waals surface area contributed by atoms with Crippen LogP contribution < -0.4 is 5.73 Å². The summed E-state index contributed by atoms with van der Waals surface area (Å²) in [6.45, 7) is 5.01. The minimum atomic E-state index is -0.833. The number of aliphatic carboxylic acids is 1. The van der Waals surface area contributed by atoms with Crippen molar-refractivity contribution >= 4 is 11.8 Å². The Labute approximate surface area is 140 Å². The molecule has 0 bridgehead atoms. The van der Waals surface area contributed by atoms with Gasteiger partial charge in [-0.25, -0.2) is 9.97 Å². The summed E-state index contributed by atoms with van der Waals surface area (Å²) in [4.78, 5) is 17.4. The monoisotopic (exact) mass is 334 g/mol. The molecule has 24 heavy (non-hydrogen) atoms. The maximum atomic E-state index is 9.00. The Morgan fingerprint density at radius 2 is 2.21 bits per heavy atom. The summed E-state index contributed by atoms with van der Waals surface area (Å²) in [6.07, 6.45) is 5.49. The second-order valence-electron chi connectivity index (χ2n) is 5.25. The molecule has 3 N–H and O–H groups in total. The molecular weight excluding hydrogens is 312 g/mol. The molecule has 1 fully saturated rings. The van der Waals surface area contributed by atoms with Gasteiger partial charge in [-0.15, -0.1) is 0 Å². The van der Waals surface area contributed by atoms with Gasteiger partial charge in [-0.1, -0.05) is 0 Å². The highest BCUT2D eigenvalue weighted by atomic mass is 16.5. The molecule has 0 aromatic carbocycles. The molecule has 3 heterocycles. The van der Waals surface area contributed by atoms with Crippen LogP contribution in [0.1, 0.15) is 19.9 Å². The number of hydrogen-bond donors (Lipinski definition) is 2. The lowest BCUT2D eigenvalue weighted by Crippen LogP contribution is -2.25. The number of carboxylic acid groups (broad SMARTS) is 1. The van der Waals surface area contributed by atoms with Crippen molar-refractivity contribution in [1.29, 1.82) is 0 Å². The van der Waals surface area contributed by atoms with E-state index in [-0.39, 0.29) is 12.1 Å². The number of nitrogens with zero attached hydrogens (tertiary/aromatic N) is 3. The SMILES string of the molecule is CC(=O)O.CCO[C@H]1COC[C@@H]1n1ccnc1-c1ccnc(N)c1. The van der Waals surface area contributed by atoms with Gasteiger partial charge < -0.3 is 24.9 Å². The molecule has 1 aliphatic heterocycles. The van der Waals surface area contributed by atoms with Crippen LogP contribution >= 0.6 is 0 Å². The molecule has 2 atom stereocenters. The first-order valence-corrected chi connectivity index (χ1v) is 7.66. The predicted molar refractivity (Wildman–Crippen MR) is 88.5 cm³/mol. The van der Waals surface area contributed by atoms with Crippen LogP contribution in [-0.4, -0.2) is 51.5 Å². The summed E-state index contributed by atoms with van der Waals surface area (Å²) in [6, 6.07) is 3.87. The maximum Gasteiger partial charge on any atom is 0.300 e. The summed E-state index contributed by atoms with van der Waals surface area (Å²) < 4.78 is 13.4. The normalized spacial score (nSPS) is 19.6. The van der Waals surface area contributed by atoms with E-state index >= 15 is 0 Å². The molecule has 8 nitrogen and oxygen atoms in total. The van der Waals surface area contributed by atoms with Crippen LogP contribution in [0.4, 0.5) is 5.82 Å². The topological polar surface area (TPSA) is 112 Å². The highest BCUT2D eigenvalue weighted by Gasteiger charge is 2.31. The Hall–Kier alpha value is -2.45. The van der Waals surface area contributed by atoms with E-state index in [2.05, 4.69) is 14.5 Å². The van der Waals surface area contributed by atoms with Gasteiger partial charge in [0, 0.05) is 37.7 Å². The van der Waals surface area contributed by atoms with E-state index in [1.807, 2.05) is 25.3 Å². The third kappa shape index (κ3) is 4.53. The Bertz CT molecular complexity index is 670. The predicted octanol–water partition coefficient (Wildman–Crippen LogP) is 1.59. The molecule has 0 spiro atoms. The van der Waals surface area contributed by atoms with Crippen LogP contribution in [0.2, 0.25) is 0 Å². The van der Waals surface area contributed by atoms with Gasteiger partial charge in [0.2, 0.25) is 0 Å². The van der Waals surface area contributed by atoms with Crippen molar-refractivity contribution < 1.29 is 19.4 Å². The van der Waals surface area contributed by atoms with Crippen molar-refractivity contribution in [2.75, 3.05) is 25.6 Å². The van der Waals surface area contributed by atoms with Crippen LogP contribution in [0.25, 0.3) is 11.4 Å². The summed E-state index contributed by atoms with van der Waals surface area (Å²) in [5, 5.41) is 7.42. The van der Waals surface area contributed by atoms with Crippen LogP contribution in [0, 0.1) is 0 Å². The third-order valence-corrected chi connectivity index (χ3v) is 3.45. The van der Waals surface area contributed by atoms with Crippen LogP contribution in [0.5, 0.6) is 0 Å². The summed E-state index contributed by atoms with van der Waals surface area (Å²) in [5.74, 6) is 0.514. The van der Waals surface area contributed by atoms with Crippen molar-refractivity contribution in [1.82, 2.24) is 14.5 Å². The number of carbonyl (C=O) groups is 1. The van der Waals surface area contributed by atoms with Crippen molar-refractivity contribution in [3.8, 4) is 11.4 Å². The highest BCUT2D eigenvalue weighted by molar-refractivity contribution is 5.63. The quantitative estimate of drug-likeness (QED) is 0.873. The molecule has 3 rings (SSSR count). The minimum Gasteiger partial charge on any atom is -0.481 e. The average molecular weight is 334 g/mol. The van der Waals surface area contributed by atoms with Gasteiger partial charge in [0.05, 0.1) is 19.3 Å². The molecular formula is C16H22N4O4. The number of nitrogen functional groups attached to an aromatic ring is 1. The molecule has 130 valence electrons. The molecule has 8 heteroatoms. The largest absolute Gasteiger partial charge is 0.481 e. The number of aromatic nitrogens is 3. The van der Waals surface area contributed by atoms with Crippen molar-refractivity contribution in [3.63, 3.8) is 0 Å². The summed E-state index contributed by atoms with van der Waals surface area (Å²) in [5.41, 5.74) is 6.69. The Morgan fingerprint density at radius 1 is 1.46 bits per heavy atom. The van der Waals surface area contributed by atoms with E-state index in [4.69, 9.17) is 25.1 Å². The van der Waals surface area contributed by atoms with E-state index in [1.54, 1.807) is 12.4 Å². The number of pyridine rings is 1. The fourth-order valence-corrected chi connectivity index (χ4v) is 2.55. The van der Waals surface area contributed by atoms with Gasteiger partial charge in [-0.3, -0.25) is 4.79 Å². The number of carboxylic acids is 1. The van der Waals surface area contributed by atoms with Gasteiger partial charge in [0.25, 0.3) is 5.97 Å². The fraction of sp³-hybridized carbons (Fsp3) is 0.438. The Morgan fingerprint density at radius 3 is 2.88 bits per heavy atom. The van der Waals surface area contributed by atoms with Crippen molar-refractivity contribution in [2.24, 2.45) is 0 Å². The zero-order valence-electron chi connectivity index (χ0n) is 13.8. The number of anilines is 1. The number of nitrogens with two attached hydrogens (primary N) is 1. The summed E-state index contributed by atoms with van der Waals surface area (Å²) >= 11 is 0. The molecule has 0 radical (unpaired) electrons. The molecule has 2 aromatic heterocycles. The molecule has 0 unspecified atom stereocenters. The van der Waals surface area contributed by atoms with Crippen LogP contribution in [0.3, 0.4) is 0 Å². The Balaban J connectivity index is 0.000000471. The van der Waals surface area contributed by atoms with E-state index in [9.17, 15) is 0 Å². The zero-order chi connectivity index (χ0) is 17.5. The van der Waals surface area contributed by atoms with Crippen LogP contribution in [-0.2, 0) is 14.3 Å². The second kappa shape index (κ2) is 8.42. The number of ether oxygens (including phenoxy) is 2. The van der Waals surface area contributed by atoms with Crippen molar-refractivity contribution in [2.45, 2.75) is 26.0 Å². The van der Waals surface area contributed by atoms with Crippen molar-refractivity contribution in [3.05, 3.63) is 30.7 Å². The Kier molecular flexibility index (Phi) is 6.28. The first kappa shape index (κ1) is 17.9. The maximum absolute atomic E-state index is 9.00. The van der Waals surface area contributed by atoms with Gasteiger partial charge in [0.1, 0.15) is 17.7 Å². The second-order valence-corrected chi connectivity index (χ2v) is 5.25. The van der Waals surface area contributed by atoms with E-state index in [1.165, 1.54) is 0 Å². The third-order valence-electron chi connectivity index (χ3n) is 3.45. The van der Waals surface area contributed by atoms with E-state index < -0.39 is 5.97 Å². The van der Waals surface area contributed by atoms with Gasteiger partial charge in [0.15, 0.2) is 0 Å². The standard InChI is InChI=1S/C14H18N4O2.C2H4O2/c1-2-20-12-9-19-8-11(12)18-6-5-17-14(18)10-3-4-16-13(15)7-10;1-2(3)4/h3-7,11-12H,2,8-9H2,1H3,(H2,15,16);1H3,(H,3,4)/t11-,12-;/m0./s1. The van der Waals surface area contributed by atoms with E-state index in [0.717, 1.165) is 18.3 Å². The molecule has 0 saturated carbocycles. The number of imidazole rings is 1. The smallest absolute Gasteiger partial charge is 0.300 e. The molecule has 1 saturated heterocycles. The van der Waals surface area contributed by atoms with Gasteiger partial charge >= 0.3 is 0 Å².